The Morgan fingerprint density at radius 1 is 0.769 bits per heavy atom. The van der Waals surface area contributed by atoms with E-state index in [0.717, 1.165) is 34.6 Å². The predicted molar refractivity (Wildman–Crippen MR) is 107 cm³/mol. The summed E-state index contributed by atoms with van der Waals surface area (Å²) in [5, 5.41) is 0. The fourth-order valence-corrected chi connectivity index (χ4v) is 3.03. The SMILES string of the molecule is CCOc1cccc(Cc2cc(CCl)ccc2OCc2ccccc2)c1. The molecular formula is C23H23ClO2. The Bertz CT molecular complexity index is 831. The Balaban J connectivity index is 1.81. The molecule has 0 fully saturated rings. The molecule has 3 aromatic rings. The molecule has 26 heavy (non-hydrogen) atoms. The third-order valence-electron chi connectivity index (χ3n) is 4.12. The highest BCUT2D eigenvalue weighted by Gasteiger charge is 2.08. The number of ether oxygens (including phenoxy) is 2. The summed E-state index contributed by atoms with van der Waals surface area (Å²) in [5.41, 5.74) is 4.56. The summed E-state index contributed by atoms with van der Waals surface area (Å²) in [5.74, 6) is 2.28. The van der Waals surface area contributed by atoms with Gasteiger partial charge in [0.15, 0.2) is 0 Å². The van der Waals surface area contributed by atoms with E-state index in [9.17, 15) is 0 Å². The number of rotatable bonds is 8. The Morgan fingerprint density at radius 2 is 1.58 bits per heavy atom. The van der Waals surface area contributed by atoms with E-state index in [1.165, 1.54) is 5.56 Å². The van der Waals surface area contributed by atoms with Crippen LogP contribution in [-0.4, -0.2) is 6.61 Å². The highest BCUT2D eigenvalue weighted by atomic mass is 35.5. The van der Waals surface area contributed by atoms with E-state index < -0.39 is 0 Å². The van der Waals surface area contributed by atoms with Gasteiger partial charge in [-0.3, -0.25) is 0 Å². The van der Waals surface area contributed by atoms with Crippen LogP contribution < -0.4 is 9.47 Å². The van der Waals surface area contributed by atoms with Crippen LogP contribution in [0.2, 0.25) is 0 Å². The molecule has 0 unspecified atom stereocenters. The van der Waals surface area contributed by atoms with Crippen molar-refractivity contribution in [3.63, 3.8) is 0 Å². The van der Waals surface area contributed by atoms with Crippen LogP contribution in [0.3, 0.4) is 0 Å². The van der Waals surface area contributed by atoms with Crippen molar-refractivity contribution in [2.75, 3.05) is 6.61 Å². The first-order valence-electron chi connectivity index (χ1n) is 8.84. The lowest BCUT2D eigenvalue weighted by Gasteiger charge is -2.14. The van der Waals surface area contributed by atoms with Crippen LogP contribution in [0.5, 0.6) is 11.5 Å². The Morgan fingerprint density at radius 3 is 2.35 bits per heavy atom. The first kappa shape index (κ1) is 18.3. The highest BCUT2D eigenvalue weighted by molar-refractivity contribution is 6.17. The zero-order valence-corrected chi connectivity index (χ0v) is 15.7. The van der Waals surface area contributed by atoms with Gasteiger partial charge in [0, 0.05) is 12.3 Å². The highest BCUT2D eigenvalue weighted by Crippen LogP contribution is 2.26. The molecule has 3 aromatic carbocycles. The van der Waals surface area contributed by atoms with Crippen LogP contribution in [0.25, 0.3) is 0 Å². The van der Waals surface area contributed by atoms with E-state index in [-0.39, 0.29) is 0 Å². The third-order valence-corrected chi connectivity index (χ3v) is 4.43. The van der Waals surface area contributed by atoms with Gasteiger partial charge < -0.3 is 9.47 Å². The predicted octanol–water partition coefficient (Wildman–Crippen LogP) is 5.99. The summed E-state index contributed by atoms with van der Waals surface area (Å²) in [6.45, 7) is 3.20. The summed E-state index contributed by atoms with van der Waals surface area (Å²) in [4.78, 5) is 0. The molecule has 0 saturated carbocycles. The molecule has 2 nitrogen and oxygen atoms in total. The zero-order valence-electron chi connectivity index (χ0n) is 15.0. The maximum atomic E-state index is 6.10. The Kier molecular flexibility index (Phi) is 6.56. The molecule has 134 valence electrons. The van der Waals surface area contributed by atoms with Gasteiger partial charge in [-0.25, -0.2) is 0 Å². The molecule has 0 aliphatic rings. The molecule has 0 bridgehead atoms. The van der Waals surface area contributed by atoms with E-state index in [4.69, 9.17) is 21.1 Å². The smallest absolute Gasteiger partial charge is 0.123 e. The molecule has 0 amide bonds. The summed E-state index contributed by atoms with van der Waals surface area (Å²) in [6.07, 6.45) is 0.774. The largest absolute Gasteiger partial charge is 0.494 e. The number of hydrogen-bond acceptors (Lipinski definition) is 2. The lowest BCUT2D eigenvalue weighted by Crippen LogP contribution is -2.00. The Labute approximate surface area is 160 Å². The summed E-state index contributed by atoms with van der Waals surface area (Å²) >= 11 is 6.03. The van der Waals surface area contributed by atoms with Gasteiger partial charge in [-0.2, -0.15) is 0 Å². The molecule has 0 heterocycles. The zero-order chi connectivity index (χ0) is 18.2. The Hall–Kier alpha value is -2.45. The van der Waals surface area contributed by atoms with Gasteiger partial charge in [0.05, 0.1) is 6.61 Å². The maximum absolute atomic E-state index is 6.10. The van der Waals surface area contributed by atoms with E-state index in [0.29, 0.717) is 19.1 Å². The first-order chi connectivity index (χ1) is 12.8. The second-order valence-corrected chi connectivity index (χ2v) is 6.37. The average Bonchev–Trinajstić information content (AvgIpc) is 2.68. The number of alkyl halides is 1. The van der Waals surface area contributed by atoms with E-state index in [2.05, 4.69) is 30.3 Å². The number of halogens is 1. The molecule has 3 heteroatoms. The second-order valence-electron chi connectivity index (χ2n) is 6.11. The van der Waals surface area contributed by atoms with Crippen LogP contribution in [0.1, 0.15) is 29.2 Å². The van der Waals surface area contributed by atoms with Gasteiger partial charge in [-0.15, -0.1) is 11.6 Å². The fourth-order valence-electron chi connectivity index (χ4n) is 2.86. The third kappa shape index (κ3) is 5.03. The molecule has 0 N–H and O–H groups in total. The number of hydrogen-bond donors (Lipinski definition) is 0. The molecule has 0 aliphatic heterocycles. The van der Waals surface area contributed by atoms with Gasteiger partial charge in [0.2, 0.25) is 0 Å². The van der Waals surface area contributed by atoms with Gasteiger partial charge >= 0.3 is 0 Å². The van der Waals surface area contributed by atoms with Gasteiger partial charge in [0.25, 0.3) is 0 Å². The van der Waals surface area contributed by atoms with Crippen molar-refractivity contribution in [3.05, 3.63) is 95.1 Å². The van der Waals surface area contributed by atoms with Crippen molar-refractivity contribution in [2.24, 2.45) is 0 Å². The van der Waals surface area contributed by atoms with E-state index in [1.54, 1.807) is 0 Å². The van der Waals surface area contributed by atoms with Gasteiger partial charge in [-0.1, -0.05) is 54.6 Å². The van der Waals surface area contributed by atoms with Crippen LogP contribution in [0.15, 0.2) is 72.8 Å². The van der Waals surface area contributed by atoms with Crippen molar-refractivity contribution in [1.29, 1.82) is 0 Å². The van der Waals surface area contributed by atoms with E-state index in [1.807, 2.05) is 49.4 Å². The molecule has 0 spiro atoms. The maximum Gasteiger partial charge on any atom is 0.123 e. The molecule has 0 aliphatic carbocycles. The fraction of sp³-hybridized carbons (Fsp3) is 0.217. The molecule has 0 aromatic heterocycles. The summed E-state index contributed by atoms with van der Waals surface area (Å²) in [7, 11) is 0. The summed E-state index contributed by atoms with van der Waals surface area (Å²) in [6, 6.07) is 24.5. The minimum Gasteiger partial charge on any atom is -0.494 e. The van der Waals surface area contributed by atoms with Crippen molar-refractivity contribution < 1.29 is 9.47 Å². The first-order valence-corrected chi connectivity index (χ1v) is 9.38. The molecule has 0 atom stereocenters. The minimum atomic E-state index is 0.491. The van der Waals surface area contributed by atoms with Crippen LogP contribution in [0.4, 0.5) is 0 Å². The van der Waals surface area contributed by atoms with Crippen LogP contribution in [0, 0.1) is 0 Å². The lowest BCUT2D eigenvalue weighted by molar-refractivity contribution is 0.303. The monoisotopic (exact) mass is 366 g/mol. The molecule has 0 radical (unpaired) electrons. The molecule has 0 saturated heterocycles. The van der Waals surface area contributed by atoms with Crippen molar-refractivity contribution in [2.45, 2.75) is 25.8 Å². The summed E-state index contributed by atoms with van der Waals surface area (Å²) < 4.78 is 11.7. The van der Waals surface area contributed by atoms with Gasteiger partial charge in [0.1, 0.15) is 18.1 Å². The molecular weight excluding hydrogens is 344 g/mol. The van der Waals surface area contributed by atoms with Gasteiger partial charge in [-0.05, 0) is 47.4 Å². The average molecular weight is 367 g/mol. The number of benzene rings is 3. The molecule has 3 rings (SSSR count). The standard InChI is InChI=1S/C23H23ClO2/c1-2-25-22-10-6-9-19(15-22)13-21-14-20(16-24)11-12-23(21)26-17-18-7-4-3-5-8-18/h3-12,14-15H,2,13,16-17H2,1H3. The lowest BCUT2D eigenvalue weighted by atomic mass is 10.0. The van der Waals surface area contributed by atoms with Crippen LogP contribution in [-0.2, 0) is 18.9 Å². The van der Waals surface area contributed by atoms with Crippen molar-refractivity contribution >= 4 is 11.6 Å². The minimum absolute atomic E-state index is 0.491. The van der Waals surface area contributed by atoms with E-state index >= 15 is 0 Å². The van der Waals surface area contributed by atoms with Crippen LogP contribution >= 0.6 is 11.6 Å². The normalized spacial score (nSPS) is 10.5. The van der Waals surface area contributed by atoms with Crippen molar-refractivity contribution in [1.82, 2.24) is 0 Å². The second kappa shape index (κ2) is 9.30. The quantitative estimate of drug-likeness (QED) is 0.455. The van der Waals surface area contributed by atoms with Crippen molar-refractivity contribution in [3.8, 4) is 11.5 Å². The topological polar surface area (TPSA) is 18.5 Å².